The molecule has 0 N–H and O–H groups in total. The minimum Gasteiger partial charge on any atom is -0.272 e. The standard InChI is InChI=1S/C19H13FN2O3S/c20-13-9-10-16-15(12-13)18(26(24,25)14-6-2-1-3-7-14)19(23)22(16)17-8-4-5-11-21-17/h1-12,18H. The summed E-state index contributed by atoms with van der Waals surface area (Å²) in [4.78, 5) is 18.4. The molecule has 2 heterocycles. The zero-order chi connectivity index (χ0) is 18.3. The highest BCUT2D eigenvalue weighted by Gasteiger charge is 2.47. The fraction of sp³-hybridized carbons (Fsp3) is 0.0526. The molecule has 7 heteroatoms. The molecule has 0 saturated heterocycles. The van der Waals surface area contributed by atoms with Crippen molar-refractivity contribution in [1.82, 2.24) is 4.98 Å². The Morgan fingerprint density at radius 3 is 2.38 bits per heavy atom. The van der Waals surface area contributed by atoms with Crippen molar-refractivity contribution in [3.63, 3.8) is 0 Å². The van der Waals surface area contributed by atoms with Gasteiger partial charge >= 0.3 is 0 Å². The summed E-state index contributed by atoms with van der Waals surface area (Å²) in [5.41, 5.74) is 0.434. The lowest BCUT2D eigenvalue weighted by Crippen LogP contribution is -2.28. The molecule has 4 rings (SSSR count). The maximum Gasteiger partial charge on any atom is 0.256 e. The molecule has 1 aliphatic rings. The van der Waals surface area contributed by atoms with E-state index in [1.54, 1.807) is 36.4 Å². The number of fused-ring (bicyclic) bond motifs is 1. The molecule has 1 aliphatic heterocycles. The highest BCUT2D eigenvalue weighted by atomic mass is 32.2. The third-order valence-electron chi connectivity index (χ3n) is 4.22. The van der Waals surface area contributed by atoms with E-state index in [1.807, 2.05) is 0 Å². The largest absolute Gasteiger partial charge is 0.272 e. The van der Waals surface area contributed by atoms with Crippen LogP contribution in [0.4, 0.5) is 15.9 Å². The Kier molecular flexibility index (Phi) is 3.81. The highest BCUT2D eigenvalue weighted by Crippen LogP contribution is 2.45. The molecule has 1 atom stereocenters. The summed E-state index contributed by atoms with van der Waals surface area (Å²) < 4.78 is 40.1. The molecule has 0 aliphatic carbocycles. The molecule has 1 unspecified atom stereocenters. The zero-order valence-electron chi connectivity index (χ0n) is 13.4. The summed E-state index contributed by atoms with van der Waals surface area (Å²) in [5.74, 6) is -0.989. The summed E-state index contributed by atoms with van der Waals surface area (Å²) in [6.45, 7) is 0. The van der Waals surface area contributed by atoms with Crippen molar-refractivity contribution in [2.75, 3.05) is 4.90 Å². The molecule has 0 saturated carbocycles. The number of benzene rings is 2. The molecule has 2 aromatic carbocycles. The van der Waals surface area contributed by atoms with Crippen LogP contribution in [-0.4, -0.2) is 19.3 Å². The van der Waals surface area contributed by atoms with E-state index in [1.165, 1.54) is 35.4 Å². The number of aromatic nitrogens is 1. The van der Waals surface area contributed by atoms with Crippen LogP contribution in [0.15, 0.2) is 77.8 Å². The lowest BCUT2D eigenvalue weighted by molar-refractivity contribution is -0.117. The minimum absolute atomic E-state index is 0.0106. The minimum atomic E-state index is -4.04. The summed E-state index contributed by atoms with van der Waals surface area (Å²) >= 11 is 0. The van der Waals surface area contributed by atoms with Gasteiger partial charge in [-0.25, -0.2) is 17.8 Å². The van der Waals surface area contributed by atoms with Crippen LogP contribution in [0.5, 0.6) is 0 Å². The van der Waals surface area contributed by atoms with Gasteiger partial charge in [0.05, 0.1) is 10.6 Å². The Labute approximate surface area is 149 Å². The summed E-state index contributed by atoms with van der Waals surface area (Å²) in [7, 11) is -4.04. The van der Waals surface area contributed by atoms with Gasteiger partial charge in [0.1, 0.15) is 11.6 Å². The number of amides is 1. The maximum absolute atomic E-state index is 13.8. The van der Waals surface area contributed by atoms with Crippen LogP contribution in [0.1, 0.15) is 10.8 Å². The van der Waals surface area contributed by atoms with Crippen LogP contribution in [0.25, 0.3) is 0 Å². The van der Waals surface area contributed by atoms with Crippen molar-refractivity contribution < 1.29 is 17.6 Å². The zero-order valence-corrected chi connectivity index (χ0v) is 14.2. The molecular weight excluding hydrogens is 355 g/mol. The second-order valence-corrected chi connectivity index (χ2v) is 7.84. The molecule has 1 amide bonds. The number of hydrogen-bond acceptors (Lipinski definition) is 4. The van der Waals surface area contributed by atoms with Crippen LogP contribution >= 0.6 is 0 Å². The van der Waals surface area contributed by atoms with E-state index in [0.717, 1.165) is 6.07 Å². The third-order valence-corrected chi connectivity index (χ3v) is 6.22. The maximum atomic E-state index is 13.8. The van der Waals surface area contributed by atoms with Crippen LogP contribution < -0.4 is 4.90 Å². The van der Waals surface area contributed by atoms with E-state index >= 15 is 0 Å². The quantitative estimate of drug-likeness (QED) is 0.710. The van der Waals surface area contributed by atoms with Gasteiger partial charge < -0.3 is 0 Å². The Hall–Kier alpha value is -3.06. The third kappa shape index (κ3) is 2.48. The molecule has 1 aromatic heterocycles. The van der Waals surface area contributed by atoms with Crippen molar-refractivity contribution in [2.24, 2.45) is 0 Å². The fourth-order valence-electron chi connectivity index (χ4n) is 3.08. The van der Waals surface area contributed by atoms with Gasteiger partial charge in [0.25, 0.3) is 5.91 Å². The summed E-state index contributed by atoms with van der Waals surface area (Å²) in [5, 5.41) is -1.52. The van der Waals surface area contributed by atoms with E-state index in [0.29, 0.717) is 5.69 Å². The first kappa shape index (κ1) is 16.4. The topological polar surface area (TPSA) is 67.3 Å². The van der Waals surface area contributed by atoms with Gasteiger partial charge in [-0.15, -0.1) is 0 Å². The second kappa shape index (κ2) is 6.03. The van der Waals surface area contributed by atoms with Crippen molar-refractivity contribution in [2.45, 2.75) is 10.1 Å². The van der Waals surface area contributed by atoms with Gasteiger partial charge in [0.2, 0.25) is 0 Å². The Balaban J connectivity index is 1.93. The number of carbonyl (C=O) groups is 1. The Bertz CT molecular complexity index is 1090. The summed E-state index contributed by atoms with van der Waals surface area (Å²) in [6, 6.07) is 16.4. The van der Waals surface area contributed by atoms with Gasteiger partial charge in [0, 0.05) is 11.8 Å². The first-order valence-corrected chi connectivity index (χ1v) is 9.38. The SMILES string of the molecule is O=C1C(S(=O)(=O)c2ccccc2)c2cc(F)ccc2N1c1ccccn1. The van der Waals surface area contributed by atoms with Gasteiger partial charge in [-0.05, 0) is 42.5 Å². The fourth-order valence-corrected chi connectivity index (χ4v) is 4.78. The van der Waals surface area contributed by atoms with Crippen LogP contribution in [0.2, 0.25) is 0 Å². The molecule has 3 aromatic rings. The van der Waals surface area contributed by atoms with Gasteiger partial charge in [-0.2, -0.15) is 0 Å². The monoisotopic (exact) mass is 368 g/mol. The van der Waals surface area contributed by atoms with Gasteiger partial charge in [-0.3, -0.25) is 9.69 Å². The van der Waals surface area contributed by atoms with E-state index in [4.69, 9.17) is 0 Å². The second-order valence-electron chi connectivity index (χ2n) is 5.80. The molecule has 0 radical (unpaired) electrons. The Morgan fingerprint density at radius 1 is 0.962 bits per heavy atom. The van der Waals surface area contributed by atoms with Crippen LogP contribution in [0, 0.1) is 5.82 Å². The highest BCUT2D eigenvalue weighted by molar-refractivity contribution is 7.92. The molecule has 26 heavy (non-hydrogen) atoms. The van der Waals surface area contributed by atoms with Crippen molar-refractivity contribution in [3.8, 4) is 0 Å². The van der Waals surface area contributed by atoms with Crippen molar-refractivity contribution in [1.29, 1.82) is 0 Å². The number of pyridine rings is 1. The number of halogens is 1. The normalized spacial score (nSPS) is 16.6. The van der Waals surface area contributed by atoms with Crippen molar-refractivity contribution >= 4 is 27.2 Å². The number of rotatable bonds is 3. The van der Waals surface area contributed by atoms with E-state index in [2.05, 4.69) is 4.98 Å². The summed E-state index contributed by atoms with van der Waals surface area (Å²) in [6.07, 6.45) is 1.50. The first-order valence-electron chi connectivity index (χ1n) is 7.83. The first-order chi connectivity index (χ1) is 12.5. The number of carbonyl (C=O) groups excluding carboxylic acids is 1. The van der Waals surface area contributed by atoms with E-state index in [-0.39, 0.29) is 16.3 Å². The van der Waals surface area contributed by atoms with Gasteiger partial charge in [0.15, 0.2) is 15.1 Å². The molecule has 0 fully saturated rings. The lowest BCUT2D eigenvalue weighted by atomic mass is 10.1. The number of nitrogens with zero attached hydrogens (tertiary/aromatic N) is 2. The molecule has 130 valence electrons. The van der Waals surface area contributed by atoms with E-state index in [9.17, 15) is 17.6 Å². The van der Waals surface area contributed by atoms with Crippen molar-refractivity contribution in [3.05, 3.63) is 84.3 Å². The molecular formula is C19H13FN2O3S. The molecule has 0 spiro atoms. The van der Waals surface area contributed by atoms with Gasteiger partial charge in [-0.1, -0.05) is 24.3 Å². The van der Waals surface area contributed by atoms with Crippen LogP contribution in [-0.2, 0) is 14.6 Å². The molecule has 5 nitrogen and oxygen atoms in total. The number of sulfone groups is 1. The average Bonchev–Trinajstić information content (AvgIpc) is 2.94. The predicted octanol–water partition coefficient (Wildman–Crippen LogP) is 3.41. The average molecular weight is 368 g/mol. The van der Waals surface area contributed by atoms with E-state index < -0.39 is 26.8 Å². The Morgan fingerprint density at radius 2 is 1.69 bits per heavy atom. The number of anilines is 2. The lowest BCUT2D eigenvalue weighted by Gasteiger charge is -2.16. The smallest absolute Gasteiger partial charge is 0.256 e. The van der Waals surface area contributed by atoms with Crippen LogP contribution in [0.3, 0.4) is 0 Å². The predicted molar refractivity (Wildman–Crippen MR) is 94.2 cm³/mol. The number of hydrogen-bond donors (Lipinski definition) is 0. The molecule has 0 bridgehead atoms.